The van der Waals surface area contributed by atoms with E-state index in [2.05, 4.69) is 15.4 Å². The number of amides is 1. The van der Waals surface area contributed by atoms with E-state index >= 15 is 0 Å². The predicted molar refractivity (Wildman–Crippen MR) is 93.5 cm³/mol. The number of pyridine rings is 1. The van der Waals surface area contributed by atoms with Crippen LogP contribution in [-0.2, 0) is 11.3 Å². The standard InChI is InChI=1S/C19H18N4O2/c1-13-17(14(2)23(22-13)16-9-4-3-5-10-16)18(24)19(25)21-12-15-8-6-7-11-20-15/h3-11H,12H2,1-2H3,(H,21,25). The lowest BCUT2D eigenvalue weighted by molar-refractivity contribution is -0.117. The summed E-state index contributed by atoms with van der Waals surface area (Å²) in [6.07, 6.45) is 1.64. The van der Waals surface area contributed by atoms with Crippen LogP contribution in [0, 0.1) is 13.8 Å². The van der Waals surface area contributed by atoms with Gasteiger partial charge < -0.3 is 5.32 Å². The number of nitrogens with one attached hydrogen (secondary N) is 1. The molecule has 0 atom stereocenters. The first-order valence-electron chi connectivity index (χ1n) is 7.92. The van der Waals surface area contributed by atoms with Crippen molar-refractivity contribution >= 4 is 11.7 Å². The Balaban J connectivity index is 1.80. The van der Waals surface area contributed by atoms with E-state index in [1.165, 1.54) is 0 Å². The smallest absolute Gasteiger partial charge is 0.292 e. The fourth-order valence-corrected chi connectivity index (χ4v) is 2.66. The highest BCUT2D eigenvalue weighted by molar-refractivity contribution is 6.43. The molecule has 25 heavy (non-hydrogen) atoms. The third kappa shape index (κ3) is 3.47. The molecule has 3 aromatic rings. The maximum atomic E-state index is 12.6. The van der Waals surface area contributed by atoms with Gasteiger partial charge >= 0.3 is 0 Å². The van der Waals surface area contributed by atoms with Crippen molar-refractivity contribution in [3.63, 3.8) is 0 Å². The minimum atomic E-state index is -0.663. The number of hydrogen-bond acceptors (Lipinski definition) is 4. The molecule has 2 aromatic heterocycles. The topological polar surface area (TPSA) is 76.9 Å². The lowest BCUT2D eigenvalue weighted by Gasteiger charge is -2.06. The van der Waals surface area contributed by atoms with E-state index in [0.29, 0.717) is 22.6 Å². The summed E-state index contributed by atoms with van der Waals surface area (Å²) in [4.78, 5) is 28.9. The van der Waals surface area contributed by atoms with Crippen LogP contribution in [0.5, 0.6) is 0 Å². The van der Waals surface area contributed by atoms with Crippen molar-refractivity contribution in [1.82, 2.24) is 20.1 Å². The molecule has 0 aliphatic rings. The predicted octanol–water partition coefficient (Wildman–Crippen LogP) is 2.38. The summed E-state index contributed by atoms with van der Waals surface area (Å²) in [6.45, 7) is 3.72. The molecular weight excluding hydrogens is 316 g/mol. The maximum Gasteiger partial charge on any atom is 0.292 e. The molecule has 6 nitrogen and oxygen atoms in total. The van der Waals surface area contributed by atoms with Gasteiger partial charge in [-0.05, 0) is 38.1 Å². The van der Waals surface area contributed by atoms with Gasteiger partial charge in [-0.25, -0.2) is 4.68 Å². The van der Waals surface area contributed by atoms with E-state index in [1.807, 2.05) is 36.4 Å². The minimum absolute atomic E-state index is 0.205. The first kappa shape index (κ1) is 16.6. The molecule has 0 aliphatic heterocycles. The van der Waals surface area contributed by atoms with Gasteiger partial charge in [0.05, 0.1) is 34.9 Å². The number of para-hydroxylation sites is 1. The fraction of sp³-hybridized carbons (Fsp3) is 0.158. The second kappa shape index (κ2) is 7.09. The molecule has 1 N–H and O–H groups in total. The molecule has 6 heteroatoms. The van der Waals surface area contributed by atoms with E-state index in [9.17, 15) is 9.59 Å². The summed E-state index contributed by atoms with van der Waals surface area (Å²) in [5.74, 6) is -1.25. The molecule has 0 spiro atoms. The Bertz CT molecular complexity index is 902. The molecule has 0 unspecified atom stereocenters. The van der Waals surface area contributed by atoms with Crippen molar-refractivity contribution in [2.45, 2.75) is 20.4 Å². The van der Waals surface area contributed by atoms with Crippen molar-refractivity contribution in [2.24, 2.45) is 0 Å². The third-order valence-electron chi connectivity index (χ3n) is 3.88. The molecule has 0 radical (unpaired) electrons. The summed E-state index contributed by atoms with van der Waals surface area (Å²) in [5, 5.41) is 7.02. The van der Waals surface area contributed by atoms with Gasteiger partial charge in [-0.2, -0.15) is 5.10 Å². The first-order chi connectivity index (χ1) is 12.1. The van der Waals surface area contributed by atoms with Gasteiger partial charge in [0.25, 0.3) is 11.7 Å². The van der Waals surface area contributed by atoms with Crippen LogP contribution in [0.2, 0.25) is 0 Å². The van der Waals surface area contributed by atoms with Crippen LogP contribution >= 0.6 is 0 Å². The molecule has 0 bridgehead atoms. The Morgan fingerprint density at radius 3 is 2.44 bits per heavy atom. The highest BCUT2D eigenvalue weighted by atomic mass is 16.2. The van der Waals surface area contributed by atoms with Crippen molar-refractivity contribution in [3.8, 4) is 5.69 Å². The van der Waals surface area contributed by atoms with Gasteiger partial charge in [0.15, 0.2) is 0 Å². The third-order valence-corrected chi connectivity index (χ3v) is 3.88. The van der Waals surface area contributed by atoms with E-state index in [4.69, 9.17) is 0 Å². The van der Waals surface area contributed by atoms with Crippen molar-refractivity contribution in [2.75, 3.05) is 0 Å². The number of nitrogens with zero attached hydrogens (tertiary/aromatic N) is 3. The molecule has 0 fully saturated rings. The fourth-order valence-electron chi connectivity index (χ4n) is 2.66. The number of carbonyl (C=O) groups excluding carboxylic acids is 2. The van der Waals surface area contributed by atoms with Gasteiger partial charge in [0.1, 0.15) is 0 Å². The van der Waals surface area contributed by atoms with Gasteiger partial charge in [-0.15, -0.1) is 0 Å². The van der Waals surface area contributed by atoms with Gasteiger partial charge in [0.2, 0.25) is 0 Å². The summed E-state index contributed by atoms with van der Waals surface area (Å²) in [6, 6.07) is 14.9. The molecule has 126 valence electrons. The Morgan fingerprint density at radius 1 is 1.04 bits per heavy atom. The Labute approximate surface area is 145 Å². The lowest BCUT2D eigenvalue weighted by atomic mass is 10.1. The van der Waals surface area contributed by atoms with E-state index < -0.39 is 11.7 Å². The zero-order valence-corrected chi connectivity index (χ0v) is 14.1. The number of aryl methyl sites for hydroxylation is 1. The van der Waals surface area contributed by atoms with Gasteiger partial charge in [0, 0.05) is 6.20 Å². The zero-order valence-electron chi connectivity index (χ0n) is 14.1. The van der Waals surface area contributed by atoms with Gasteiger partial charge in [-0.3, -0.25) is 14.6 Å². The number of ketones is 1. The van der Waals surface area contributed by atoms with Crippen LogP contribution in [0.15, 0.2) is 54.7 Å². The monoisotopic (exact) mass is 334 g/mol. The number of carbonyl (C=O) groups is 2. The number of benzene rings is 1. The van der Waals surface area contributed by atoms with E-state index in [-0.39, 0.29) is 6.54 Å². The summed E-state index contributed by atoms with van der Waals surface area (Å²) in [5.41, 5.74) is 3.04. The van der Waals surface area contributed by atoms with Crippen LogP contribution in [-0.4, -0.2) is 26.5 Å². The highest BCUT2D eigenvalue weighted by Crippen LogP contribution is 2.18. The maximum absolute atomic E-state index is 12.6. The first-order valence-corrected chi connectivity index (χ1v) is 7.92. The Kier molecular flexibility index (Phi) is 4.70. The minimum Gasteiger partial charge on any atom is -0.344 e. The summed E-state index contributed by atoms with van der Waals surface area (Å²) >= 11 is 0. The summed E-state index contributed by atoms with van der Waals surface area (Å²) < 4.78 is 1.68. The van der Waals surface area contributed by atoms with E-state index in [1.54, 1.807) is 36.9 Å². The molecule has 1 amide bonds. The van der Waals surface area contributed by atoms with Crippen LogP contribution in [0.3, 0.4) is 0 Å². The molecule has 0 saturated heterocycles. The quantitative estimate of drug-likeness (QED) is 0.574. The number of hydrogen-bond donors (Lipinski definition) is 1. The largest absolute Gasteiger partial charge is 0.344 e. The number of Topliss-reactive ketones (excluding diaryl/α,β-unsaturated/α-hetero) is 1. The lowest BCUT2D eigenvalue weighted by Crippen LogP contribution is -2.31. The molecular formula is C19H18N4O2. The number of rotatable bonds is 5. The molecule has 0 aliphatic carbocycles. The average Bonchev–Trinajstić information content (AvgIpc) is 2.95. The van der Waals surface area contributed by atoms with Crippen molar-refractivity contribution in [3.05, 3.63) is 77.4 Å². The molecule has 1 aromatic carbocycles. The zero-order chi connectivity index (χ0) is 17.8. The SMILES string of the molecule is Cc1nn(-c2ccccc2)c(C)c1C(=O)C(=O)NCc1ccccn1. The Morgan fingerprint density at radius 2 is 1.76 bits per heavy atom. The average molecular weight is 334 g/mol. The van der Waals surface area contributed by atoms with E-state index in [0.717, 1.165) is 5.69 Å². The highest BCUT2D eigenvalue weighted by Gasteiger charge is 2.24. The van der Waals surface area contributed by atoms with Gasteiger partial charge in [-0.1, -0.05) is 24.3 Å². The van der Waals surface area contributed by atoms with Crippen LogP contribution < -0.4 is 5.32 Å². The summed E-state index contributed by atoms with van der Waals surface area (Å²) in [7, 11) is 0. The number of aromatic nitrogens is 3. The second-order valence-electron chi connectivity index (χ2n) is 5.63. The van der Waals surface area contributed by atoms with Crippen molar-refractivity contribution < 1.29 is 9.59 Å². The molecule has 2 heterocycles. The normalized spacial score (nSPS) is 10.5. The molecule has 0 saturated carbocycles. The van der Waals surface area contributed by atoms with Crippen molar-refractivity contribution in [1.29, 1.82) is 0 Å². The Hall–Kier alpha value is -3.28. The molecule has 3 rings (SSSR count). The van der Waals surface area contributed by atoms with Crippen LogP contribution in [0.4, 0.5) is 0 Å². The second-order valence-corrected chi connectivity index (χ2v) is 5.63. The van der Waals surface area contributed by atoms with Crippen LogP contribution in [0.1, 0.15) is 27.4 Å². The van der Waals surface area contributed by atoms with Crippen LogP contribution in [0.25, 0.3) is 5.69 Å².